The molecule has 11 heteroatoms. The van der Waals surface area contributed by atoms with Crippen LogP contribution >= 0.6 is 0 Å². The molecular formula is C27H31N3O8. The number of benzene rings is 2. The Balaban J connectivity index is 1.70. The molecule has 1 saturated heterocycles. The predicted octanol–water partition coefficient (Wildman–Crippen LogP) is 1.76. The Morgan fingerprint density at radius 3 is 2.47 bits per heavy atom. The van der Waals surface area contributed by atoms with Gasteiger partial charge in [-0.2, -0.15) is 0 Å². The Labute approximate surface area is 218 Å². The van der Waals surface area contributed by atoms with E-state index in [1.165, 1.54) is 38.0 Å². The third-order valence-electron chi connectivity index (χ3n) is 6.54. The summed E-state index contributed by atoms with van der Waals surface area (Å²) < 4.78 is 23.6. The zero-order valence-electron chi connectivity index (χ0n) is 21.7. The summed E-state index contributed by atoms with van der Waals surface area (Å²) in [7, 11) is 4.36. The van der Waals surface area contributed by atoms with Gasteiger partial charge in [0.2, 0.25) is 5.91 Å². The van der Waals surface area contributed by atoms with E-state index in [-0.39, 0.29) is 48.2 Å². The fourth-order valence-corrected chi connectivity index (χ4v) is 4.46. The van der Waals surface area contributed by atoms with Crippen LogP contribution in [-0.2, 0) is 22.6 Å². The second-order valence-corrected chi connectivity index (χ2v) is 8.89. The molecule has 0 aliphatic carbocycles. The summed E-state index contributed by atoms with van der Waals surface area (Å²) in [5.74, 6) is 0.424. The quantitative estimate of drug-likeness (QED) is 0.375. The van der Waals surface area contributed by atoms with E-state index >= 15 is 0 Å². The molecule has 3 aromatic rings. The van der Waals surface area contributed by atoms with Crippen molar-refractivity contribution < 1.29 is 28.5 Å². The molecule has 0 unspecified atom stereocenters. The first-order valence-corrected chi connectivity index (χ1v) is 12.3. The van der Waals surface area contributed by atoms with E-state index in [1.54, 1.807) is 24.3 Å². The first-order valence-electron chi connectivity index (χ1n) is 12.3. The summed E-state index contributed by atoms with van der Waals surface area (Å²) in [6, 6.07) is 9.55. The number of ketones is 1. The molecule has 1 aromatic heterocycles. The van der Waals surface area contributed by atoms with Gasteiger partial charge >= 0.3 is 5.69 Å². The van der Waals surface area contributed by atoms with Gasteiger partial charge in [0.15, 0.2) is 17.3 Å². The van der Waals surface area contributed by atoms with Crippen molar-refractivity contribution in [3.63, 3.8) is 0 Å². The van der Waals surface area contributed by atoms with Crippen LogP contribution in [0.3, 0.4) is 0 Å². The summed E-state index contributed by atoms with van der Waals surface area (Å²) in [5, 5.41) is 2.95. The summed E-state index contributed by atoms with van der Waals surface area (Å²) in [4.78, 5) is 52.6. The van der Waals surface area contributed by atoms with Crippen LogP contribution in [0.2, 0.25) is 0 Å². The summed E-state index contributed by atoms with van der Waals surface area (Å²) >= 11 is 0. The number of fused-ring (bicyclic) bond motifs is 1. The predicted molar refractivity (Wildman–Crippen MR) is 139 cm³/mol. The van der Waals surface area contributed by atoms with E-state index in [4.69, 9.17) is 18.9 Å². The lowest BCUT2D eigenvalue weighted by Gasteiger charge is -2.16. The molecule has 2 aromatic carbocycles. The first kappa shape index (κ1) is 26.9. The molecule has 1 aliphatic rings. The van der Waals surface area contributed by atoms with E-state index in [0.717, 1.165) is 17.4 Å². The third-order valence-corrected chi connectivity index (χ3v) is 6.54. The average molecular weight is 526 g/mol. The number of hydrogen-bond donors (Lipinski definition) is 1. The van der Waals surface area contributed by atoms with Gasteiger partial charge in [-0.25, -0.2) is 4.79 Å². The number of methoxy groups -OCH3 is 3. The molecule has 1 atom stereocenters. The molecule has 0 spiro atoms. The fraction of sp³-hybridized carbons (Fsp3) is 0.407. The lowest BCUT2D eigenvalue weighted by Crippen LogP contribution is -2.42. The number of rotatable bonds is 11. The molecule has 1 amide bonds. The number of nitrogens with one attached hydrogen (secondary N) is 1. The Hall–Kier alpha value is -4.12. The highest BCUT2D eigenvalue weighted by molar-refractivity contribution is 5.97. The lowest BCUT2D eigenvalue weighted by atomic mass is 10.1. The maximum Gasteiger partial charge on any atom is 0.331 e. The standard InChI is InChI=1S/C27H31N3O8/c1-35-18-7-4-6-17(12-18)22(31)16-30-21-14-24(37-3)23(36-2)13-20(21)26(33)29(27(30)34)10-9-25(32)28-15-19-8-5-11-38-19/h4,6-7,12-14,19H,5,8-11,15-16H2,1-3H3,(H,28,32)/t19-/m0/s1. The van der Waals surface area contributed by atoms with Crippen molar-refractivity contribution in [2.75, 3.05) is 34.5 Å². The van der Waals surface area contributed by atoms with Crippen molar-refractivity contribution in [3.05, 3.63) is 62.8 Å². The van der Waals surface area contributed by atoms with Crippen LogP contribution < -0.4 is 30.8 Å². The van der Waals surface area contributed by atoms with E-state index < -0.39 is 11.2 Å². The van der Waals surface area contributed by atoms with Gasteiger partial charge in [-0.05, 0) is 31.0 Å². The molecule has 1 fully saturated rings. The second-order valence-electron chi connectivity index (χ2n) is 8.89. The fourth-order valence-electron chi connectivity index (χ4n) is 4.46. The van der Waals surface area contributed by atoms with Crippen molar-refractivity contribution in [2.45, 2.75) is 38.5 Å². The lowest BCUT2D eigenvalue weighted by molar-refractivity contribution is -0.121. The highest BCUT2D eigenvalue weighted by Gasteiger charge is 2.21. The molecular weight excluding hydrogens is 494 g/mol. The van der Waals surface area contributed by atoms with Crippen LogP contribution in [-0.4, -0.2) is 61.4 Å². The summed E-state index contributed by atoms with van der Waals surface area (Å²) in [5.41, 5.74) is -0.745. The summed E-state index contributed by atoms with van der Waals surface area (Å²) in [6.07, 6.45) is 1.71. The summed E-state index contributed by atoms with van der Waals surface area (Å²) in [6.45, 7) is 0.549. The number of Topliss-reactive ketones (excluding diaryl/α,β-unsaturated/α-hetero) is 1. The Kier molecular flexibility index (Phi) is 8.47. The van der Waals surface area contributed by atoms with Gasteiger partial charge in [-0.15, -0.1) is 0 Å². The Bertz CT molecular complexity index is 1450. The largest absolute Gasteiger partial charge is 0.497 e. The maximum atomic E-state index is 13.6. The normalized spacial score (nSPS) is 14.9. The van der Waals surface area contributed by atoms with Crippen LogP contribution in [0, 0.1) is 0 Å². The van der Waals surface area contributed by atoms with Gasteiger partial charge in [-0.3, -0.25) is 23.5 Å². The minimum atomic E-state index is -0.710. The number of carbonyl (C=O) groups is 2. The second kappa shape index (κ2) is 12.0. The van der Waals surface area contributed by atoms with Gasteiger partial charge < -0.3 is 24.3 Å². The van der Waals surface area contributed by atoms with Crippen molar-refractivity contribution in [3.8, 4) is 17.2 Å². The van der Waals surface area contributed by atoms with Gasteiger partial charge in [0, 0.05) is 37.7 Å². The van der Waals surface area contributed by atoms with E-state index in [0.29, 0.717) is 36.0 Å². The van der Waals surface area contributed by atoms with Crippen LogP contribution in [0.25, 0.3) is 10.9 Å². The highest BCUT2D eigenvalue weighted by Crippen LogP contribution is 2.30. The molecule has 0 radical (unpaired) electrons. The van der Waals surface area contributed by atoms with Crippen LogP contribution in [0.1, 0.15) is 29.6 Å². The molecule has 38 heavy (non-hydrogen) atoms. The van der Waals surface area contributed by atoms with E-state index in [9.17, 15) is 19.2 Å². The number of amides is 1. The van der Waals surface area contributed by atoms with Gasteiger partial charge in [-0.1, -0.05) is 12.1 Å². The van der Waals surface area contributed by atoms with Crippen molar-refractivity contribution in [2.24, 2.45) is 0 Å². The van der Waals surface area contributed by atoms with Crippen molar-refractivity contribution in [1.29, 1.82) is 0 Å². The molecule has 11 nitrogen and oxygen atoms in total. The van der Waals surface area contributed by atoms with E-state index in [1.807, 2.05) is 0 Å². The average Bonchev–Trinajstić information content (AvgIpc) is 3.47. The smallest absolute Gasteiger partial charge is 0.331 e. The minimum absolute atomic E-state index is 0.0235. The number of nitrogens with zero attached hydrogens (tertiary/aromatic N) is 2. The SMILES string of the molecule is COc1cccc(C(=O)Cn2c(=O)n(CCC(=O)NC[C@@H]3CCCO3)c(=O)c3cc(OC)c(OC)cc32)c1. The van der Waals surface area contributed by atoms with Crippen LogP contribution in [0.15, 0.2) is 46.0 Å². The molecule has 0 bridgehead atoms. The Morgan fingerprint density at radius 1 is 1.03 bits per heavy atom. The van der Waals surface area contributed by atoms with Crippen molar-refractivity contribution >= 4 is 22.6 Å². The number of carbonyl (C=O) groups excluding carboxylic acids is 2. The van der Waals surface area contributed by atoms with Crippen LogP contribution in [0.4, 0.5) is 0 Å². The minimum Gasteiger partial charge on any atom is -0.497 e. The molecule has 1 N–H and O–H groups in total. The molecule has 4 rings (SSSR count). The van der Waals surface area contributed by atoms with Crippen LogP contribution in [0.5, 0.6) is 17.2 Å². The zero-order valence-corrected chi connectivity index (χ0v) is 21.7. The monoisotopic (exact) mass is 525 g/mol. The number of hydrogen-bond acceptors (Lipinski definition) is 8. The van der Waals surface area contributed by atoms with Crippen molar-refractivity contribution in [1.82, 2.24) is 14.5 Å². The zero-order chi connectivity index (χ0) is 27.2. The Morgan fingerprint density at radius 2 is 1.79 bits per heavy atom. The van der Waals surface area contributed by atoms with E-state index in [2.05, 4.69) is 5.32 Å². The van der Waals surface area contributed by atoms with Gasteiger partial charge in [0.05, 0.1) is 44.9 Å². The maximum absolute atomic E-state index is 13.6. The first-order chi connectivity index (χ1) is 18.4. The van der Waals surface area contributed by atoms with Gasteiger partial charge in [0.1, 0.15) is 5.75 Å². The molecule has 202 valence electrons. The molecule has 0 saturated carbocycles. The highest BCUT2D eigenvalue weighted by atomic mass is 16.5. The number of aromatic nitrogens is 2. The third kappa shape index (κ3) is 5.72. The topological polar surface area (TPSA) is 127 Å². The van der Waals surface area contributed by atoms with Gasteiger partial charge in [0.25, 0.3) is 5.56 Å². The number of ether oxygens (including phenoxy) is 4. The molecule has 2 heterocycles. The molecule has 1 aliphatic heterocycles.